The fraction of sp³-hybridized carbons (Fsp3) is 0.889. The monoisotopic (exact) mass is 256 g/mol. The van der Waals surface area contributed by atoms with Gasteiger partial charge in [0, 0.05) is 0 Å². The first-order valence-corrected chi connectivity index (χ1v) is 7.03. The molecule has 2 aliphatic rings. The second-order valence-corrected chi connectivity index (χ2v) is 6.89. The molecule has 4 unspecified atom stereocenters. The van der Waals surface area contributed by atoms with Gasteiger partial charge in [-0.25, -0.2) is 0 Å². The summed E-state index contributed by atoms with van der Waals surface area (Å²) in [6.07, 6.45) is -1.76. The molecule has 2 heterocycles. The molecule has 0 bridgehead atoms. The number of rotatable bonds is 2. The van der Waals surface area contributed by atoms with Gasteiger partial charge in [0.15, 0.2) is 0 Å². The zero-order valence-corrected chi connectivity index (χ0v) is 10.3. The summed E-state index contributed by atoms with van der Waals surface area (Å²) >= 11 is 0. The zero-order chi connectivity index (χ0) is 12.1. The Morgan fingerprint density at radius 2 is 2.19 bits per heavy atom. The van der Waals surface area contributed by atoms with Crippen LogP contribution in [0.1, 0.15) is 20.3 Å². The summed E-state index contributed by atoms with van der Waals surface area (Å²) in [5.74, 6) is -0.844. The molecule has 0 N–H and O–H groups in total. The third-order valence-electron chi connectivity index (χ3n) is 3.40. The topological polar surface area (TPSA) is 44.8 Å². The molecule has 0 radical (unpaired) electrons. The van der Waals surface area contributed by atoms with E-state index in [1.54, 1.807) is 6.92 Å². The average Bonchev–Trinajstić information content (AvgIpc) is 2.74. The van der Waals surface area contributed by atoms with Gasteiger partial charge in [0.1, 0.15) is 0 Å². The Morgan fingerprint density at radius 3 is 2.69 bits per heavy atom. The Kier molecular flexibility index (Phi) is 2.72. The molecule has 7 heteroatoms. The van der Waals surface area contributed by atoms with Crippen LogP contribution in [0.15, 0.2) is 0 Å². The van der Waals surface area contributed by atoms with Crippen molar-refractivity contribution < 1.29 is 27.4 Å². The van der Waals surface area contributed by atoms with Crippen LogP contribution in [0.5, 0.6) is 0 Å². The summed E-state index contributed by atoms with van der Waals surface area (Å²) in [7, 11) is -3.23. The maximum absolute atomic E-state index is 13.7. The standard InChI is InChI=1S/C9H15F2O4P/c1-4-9-6(16(9,10)11)5(2)14-8(13-3)7(12)15-9/h5-6,8,16H,4H2,1-3H3. The van der Waals surface area contributed by atoms with Crippen LogP contribution in [0.25, 0.3) is 0 Å². The molecule has 2 saturated heterocycles. The SMILES string of the molecule is CCC12OC(=O)C(OC)OC(C)C1[PH]2(F)F. The summed E-state index contributed by atoms with van der Waals surface area (Å²) < 4.78 is 42.3. The summed E-state index contributed by atoms with van der Waals surface area (Å²) in [6.45, 7) is 3.14. The van der Waals surface area contributed by atoms with Crippen molar-refractivity contribution in [3.05, 3.63) is 0 Å². The van der Waals surface area contributed by atoms with Gasteiger partial charge < -0.3 is 0 Å². The summed E-state index contributed by atoms with van der Waals surface area (Å²) in [6, 6.07) is 0. The third kappa shape index (κ3) is 1.33. The molecule has 2 aliphatic heterocycles. The summed E-state index contributed by atoms with van der Waals surface area (Å²) in [4.78, 5) is 11.5. The number of ether oxygens (including phenoxy) is 3. The number of esters is 1. The second-order valence-electron chi connectivity index (χ2n) is 4.17. The van der Waals surface area contributed by atoms with Crippen LogP contribution in [0.2, 0.25) is 0 Å². The van der Waals surface area contributed by atoms with Crippen molar-refractivity contribution in [2.45, 2.75) is 43.7 Å². The van der Waals surface area contributed by atoms with E-state index in [0.29, 0.717) is 0 Å². The predicted octanol–water partition coefficient (Wildman–Crippen LogP) is 1.93. The van der Waals surface area contributed by atoms with Gasteiger partial charge in [-0.05, 0) is 0 Å². The van der Waals surface area contributed by atoms with Crippen molar-refractivity contribution in [1.82, 2.24) is 0 Å². The summed E-state index contributed by atoms with van der Waals surface area (Å²) in [5.41, 5.74) is -0.936. The Morgan fingerprint density at radius 1 is 1.56 bits per heavy atom. The Hall–Kier alpha value is -0.320. The van der Waals surface area contributed by atoms with E-state index in [9.17, 15) is 13.2 Å². The van der Waals surface area contributed by atoms with E-state index >= 15 is 0 Å². The Labute approximate surface area is 92.8 Å². The maximum atomic E-state index is 13.7. The Bertz CT molecular complexity index is 325. The molecule has 0 aliphatic carbocycles. The van der Waals surface area contributed by atoms with E-state index in [-0.39, 0.29) is 6.42 Å². The first kappa shape index (κ1) is 12.1. The molecule has 4 atom stereocenters. The van der Waals surface area contributed by atoms with E-state index in [4.69, 9.17) is 14.2 Å². The van der Waals surface area contributed by atoms with Gasteiger partial charge >= 0.3 is 92.0 Å². The van der Waals surface area contributed by atoms with Crippen molar-refractivity contribution in [2.24, 2.45) is 0 Å². The van der Waals surface area contributed by atoms with Crippen LogP contribution < -0.4 is 0 Å². The van der Waals surface area contributed by atoms with Crippen LogP contribution in [0.4, 0.5) is 8.39 Å². The van der Waals surface area contributed by atoms with E-state index in [1.807, 2.05) is 0 Å². The van der Waals surface area contributed by atoms with E-state index in [0.717, 1.165) is 0 Å². The van der Waals surface area contributed by atoms with Gasteiger partial charge in [-0.3, -0.25) is 0 Å². The van der Waals surface area contributed by atoms with Gasteiger partial charge in [0.2, 0.25) is 0 Å². The minimum atomic E-state index is -4.51. The molecule has 4 nitrogen and oxygen atoms in total. The van der Waals surface area contributed by atoms with Crippen LogP contribution in [-0.2, 0) is 19.0 Å². The number of carbonyl (C=O) groups is 1. The zero-order valence-electron chi connectivity index (χ0n) is 9.33. The van der Waals surface area contributed by atoms with Gasteiger partial charge in [-0.1, -0.05) is 0 Å². The number of methoxy groups -OCH3 is 1. The summed E-state index contributed by atoms with van der Waals surface area (Å²) in [5, 5.41) is -1.56. The first-order valence-electron chi connectivity index (χ1n) is 5.19. The van der Waals surface area contributed by atoms with E-state index in [2.05, 4.69) is 0 Å². The number of hydrogen-bond donors (Lipinski definition) is 0. The molecule has 0 amide bonds. The number of carbonyl (C=O) groups excluding carboxylic acids is 1. The molecular formula is C9H15F2O4P. The van der Waals surface area contributed by atoms with Crippen molar-refractivity contribution in [3.8, 4) is 0 Å². The van der Waals surface area contributed by atoms with Gasteiger partial charge in [0.25, 0.3) is 0 Å². The van der Waals surface area contributed by atoms with Crippen molar-refractivity contribution >= 4 is 13.9 Å². The van der Waals surface area contributed by atoms with Crippen LogP contribution in [-0.4, -0.2) is 36.5 Å². The molecular weight excluding hydrogens is 241 g/mol. The first-order chi connectivity index (χ1) is 7.40. The predicted molar refractivity (Wildman–Crippen MR) is 54.8 cm³/mol. The van der Waals surface area contributed by atoms with E-state index in [1.165, 1.54) is 14.0 Å². The van der Waals surface area contributed by atoms with Gasteiger partial charge in [-0.15, -0.1) is 0 Å². The second kappa shape index (κ2) is 3.59. The quantitative estimate of drug-likeness (QED) is 0.559. The molecule has 0 spiro atoms. The van der Waals surface area contributed by atoms with Crippen LogP contribution in [0.3, 0.4) is 0 Å². The van der Waals surface area contributed by atoms with Crippen molar-refractivity contribution in [1.29, 1.82) is 0 Å². The van der Waals surface area contributed by atoms with Crippen molar-refractivity contribution in [2.75, 3.05) is 7.11 Å². The number of halogens is 2. The minimum absolute atomic E-state index is 0.132. The molecule has 0 saturated carbocycles. The van der Waals surface area contributed by atoms with Crippen LogP contribution >= 0.6 is 7.88 Å². The molecule has 16 heavy (non-hydrogen) atoms. The molecule has 94 valence electrons. The molecule has 0 aromatic rings. The van der Waals surface area contributed by atoms with Gasteiger partial charge in [0.05, 0.1) is 0 Å². The number of hydrogen-bond acceptors (Lipinski definition) is 4. The normalized spacial score (nSPS) is 47.6. The average molecular weight is 256 g/mol. The van der Waals surface area contributed by atoms with Crippen molar-refractivity contribution in [3.63, 3.8) is 0 Å². The van der Waals surface area contributed by atoms with E-state index < -0.39 is 37.2 Å². The molecule has 2 rings (SSSR count). The fourth-order valence-corrected chi connectivity index (χ4v) is 5.63. The third-order valence-corrected chi connectivity index (χ3v) is 6.70. The molecule has 2 fully saturated rings. The molecule has 0 aromatic carbocycles. The number of fused-ring (bicyclic) bond motifs is 1. The van der Waals surface area contributed by atoms with Crippen LogP contribution in [0, 0.1) is 0 Å². The fourth-order valence-electron chi connectivity index (χ4n) is 2.50. The van der Waals surface area contributed by atoms with Gasteiger partial charge in [-0.2, -0.15) is 0 Å². The molecule has 0 aromatic heterocycles. The Balaban J connectivity index is 2.29.